The van der Waals surface area contributed by atoms with Crippen molar-refractivity contribution in [3.63, 3.8) is 0 Å². The van der Waals surface area contributed by atoms with Crippen molar-refractivity contribution >= 4 is 46.7 Å². The molecule has 2 aliphatic rings. The molecule has 0 spiro atoms. The molecule has 1 atom stereocenters. The molecular formula is C28H30Cl2N4O3S. The summed E-state index contributed by atoms with van der Waals surface area (Å²) in [6, 6.07) is 10.7. The van der Waals surface area contributed by atoms with Crippen molar-refractivity contribution in [2.45, 2.75) is 57.8 Å². The van der Waals surface area contributed by atoms with Crippen LogP contribution in [-0.4, -0.2) is 33.4 Å². The van der Waals surface area contributed by atoms with Crippen molar-refractivity contribution in [2.24, 2.45) is 5.41 Å². The van der Waals surface area contributed by atoms with Gasteiger partial charge in [-0.15, -0.1) is 5.10 Å². The van der Waals surface area contributed by atoms with Crippen LogP contribution >= 0.6 is 35.0 Å². The normalized spacial score (nSPS) is 18.1. The first-order valence-electron chi connectivity index (χ1n) is 12.6. The third kappa shape index (κ3) is 5.40. The summed E-state index contributed by atoms with van der Waals surface area (Å²) in [5, 5.41) is 9.90. The molecule has 200 valence electrons. The molecule has 3 aromatic rings. The predicted octanol–water partition coefficient (Wildman–Crippen LogP) is 7.33. The average molecular weight is 574 g/mol. The molecule has 1 aliphatic heterocycles. The first-order valence-corrected chi connectivity index (χ1v) is 14.3. The number of anilines is 1. The summed E-state index contributed by atoms with van der Waals surface area (Å²) in [6.07, 6.45) is 2.26. The van der Waals surface area contributed by atoms with Crippen LogP contribution in [0.25, 0.3) is 0 Å². The second kappa shape index (κ2) is 10.8. The zero-order valence-electron chi connectivity index (χ0n) is 21.8. The highest BCUT2D eigenvalue weighted by molar-refractivity contribution is 7.99. The number of hydrogen-bond acceptors (Lipinski definition) is 7. The van der Waals surface area contributed by atoms with Crippen LogP contribution in [0.2, 0.25) is 10.0 Å². The maximum Gasteiger partial charge on any atom is 0.227 e. The molecule has 1 aliphatic carbocycles. The van der Waals surface area contributed by atoms with Crippen molar-refractivity contribution in [1.29, 1.82) is 0 Å². The Morgan fingerprint density at radius 2 is 1.95 bits per heavy atom. The number of thioether (sulfide) groups is 1. The largest absolute Gasteiger partial charge is 0.493 e. The Bertz CT molecular complexity index is 1420. The molecule has 0 saturated carbocycles. The number of methoxy groups -OCH3 is 1. The fourth-order valence-corrected chi connectivity index (χ4v) is 5.92. The summed E-state index contributed by atoms with van der Waals surface area (Å²) in [4.78, 5) is 18.3. The average Bonchev–Trinajstić information content (AvgIpc) is 3.28. The Morgan fingerprint density at radius 1 is 1.13 bits per heavy atom. The first kappa shape index (κ1) is 26.9. The van der Waals surface area contributed by atoms with E-state index in [0.717, 1.165) is 41.0 Å². The van der Waals surface area contributed by atoms with Gasteiger partial charge in [0, 0.05) is 23.4 Å². The van der Waals surface area contributed by atoms with Crippen molar-refractivity contribution in [2.75, 3.05) is 18.2 Å². The van der Waals surface area contributed by atoms with Gasteiger partial charge in [0.15, 0.2) is 17.3 Å². The Balaban J connectivity index is 1.51. The van der Waals surface area contributed by atoms with E-state index >= 15 is 0 Å². The zero-order valence-corrected chi connectivity index (χ0v) is 24.1. The highest BCUT2D eigenvalue weighted by Gasteiger charge is 2.42. The van der Waals surface area contributed by atoms with E-state index in [2.05, 4.69) is 26.1 Å². The number of halogens is 2. The molecule has 7 nitrogen and oxygen atoms in total. The van der Waals surface area contributed by atoms with Gasteiger partial charge in [0.25, 0.3) is 0 Å². The summed E-state index contributed by atoms with van der Waals surface area (Å²) in [7, 11) is 1.60. The lowest BCUT2D eigenvalue weighted by Crippen LogP contribution is -2.36. The van der Waals surface area contributed by atoms with E-state index in [0.29, 0.717) is 45.7 Å². The molecule has 2 heterocycles. The second-order valence-corrected chi connectivity index (χ2v) is 12.2. The number of ether oxygens (including phenoxy) is 2. The quantitative estimate of drug-likeness (QED) is 0.283. The van der Waals surface area contributed by atoms with Gasteiger partial charge in [0.2, 0.25) is 11.1 Å². The number of fused-ring (bicyclic) bond motifs is 1. The summed E-state index contributed by atoms with van der Waals surface area (Å²) in [6.45, 7) is 6.67. The van der Waals surface area contributed by atoms with E-state index in [1.807, 2.05) is 28.9 Å². The number of nitrogens with zero attached hydrogens (tertiary/aromatic N) is 3. The number of rotatable bonds is 8. The Hall–Kier alpha value is -2.68. The van der Waals surface area contributed by atoms with Crippen molar-refractivity contribution in [3.8, 4) is 11.5 Å². The molecule has 38 heavy (non-hydrogen) atoms. The molecule has 0 fully saturated rings. The molecular weight excluding hydrogens is 543 g/mol. The molecule has 0 saturated heterocycles. The van der Waals surface area contributed by atoms with E-state index in [4.69, 9.17) is 42.8 Å². The Morgan fingerprint density at radius 3 is 2.68 bits per heavy atom. The lowest BCUT2D eigenvalue weighted by atomic mass is 9.73. The molecule has 5 rings (SSSR count). The van der Waals surface area contributed by atoms with Gasteiger partial charge in [-0.05, 0) is 53.6 Å². The number of allylic oxidation sites excluding steroid dienone is 2. The van der Waals surface area contributed by atoms with E-state index in [1.54, 1.807) is 31.0 Å². The molecule has 1 aromatic heterocycles. The predicted molar refractivity (Wildman–Crippen MR) is 152 cm³/mol. The van der Waals surface area contributed by atoms with Crippen LogP contribution < -0.4 is 14.8 Å². The zero-order chi connectivity index (χ0) is 27.0. The lowest BCUT2D eigenvalue weighted by molar-refractivity contribution is -0.118. The molecule has 0 amide bonds. The summed E-state index contributed by atoms with van der Waals surface area (Å²) in [5.41, 5.74) is 3.29. The number of carbonyl (C=O) groups excluding carboxylic acids is 1. The monoisotopic (exact) mass is 572 g/mol. The molecule has 2 aromatic carbocycles. The van der Waals surface area contributed by atoms with Crippen molar-refractivity contribution in [1.82, 2.24) is 14.8 Å². The smallest absolute Gasteiger partial charge is 0.227 e. The number of aromatic nitrogens is 3. The highest BCUT2D eigenvalue weighted by Crippen LogP contribution is 2.46. The molecule has 0 radical (unpaired) electrons. The summed E-state index contributed by atoms with van der Waals surface area (Å²) < 4.78 is 13.6. The van der Waals surface area contributed by atoms with E-state index in [-0.39, 0.29) is 11.2 Å². The van der Waals surface area contributed by atoms with Gasteiger partial charge >= 0.3 is 0 Å². The fourth-order valence-electron chi connectivity index (χ4n) is 4.92. The van der Waals surface area contributed by atoms with Gasteiger partial charge in [-0.3, -0.25) is 4.79 Å². The van der Waals surface area contributed by atoms with Gasteiger partial charge in [-0.25, -0.2) is 4.68 Å². The first-order chi connectivity index (χ1) is 18.2. The van der Waals surface area contributed by atoms with Gasteiger partial charge in [0.05, 0.1) is 17.2 Å². The van der Waals surface area contributed by atoms with Crippen LogP contribution in [0.3, 0.4) is 0 Å². The number of hydrogen-bond donors (Lipinski definition) is 1. The van der Waals surface area contributed by atoms with E-state index in [1.165, 1.54) is 0 Å². The van der Waals surface area contributed by atoms with Gasteiger partial charge in [0.1, 0.15) is 12.6 Å². The van der Waals surface area contributed by atoms with Crippen LogP contribution in [-0.2, 0) is 11.4 Å². The van der Waals surface area contributed by atoms with Gasteiger partial charge in [-0.2, -0.15) is 4.98 Å². The fraction of sp³-hybridized carbons (Fsp3) is 0.393. The molecule has 1 unspecified atom stereocenters. The third-order valence-electron chi connectivity index (χ3n) is 6.63. The molecule has 10 heteroatoms. The number of nitrogens with one attached hydrogen (secondary N) is 1. The van der Waals surface area contributed by atoms with Gasteiger partial charge in [-0.1, -0.05) is 67.9 Å². The second-order valence-electron chi connectivity index (χ2n) is 10.3. The maximum absolute atomic E-state index is 13.5. The molecule has 1 N–H and O–H groups in total. The Labute approximate surface area is 236 Å². The van der Waals surface area contributed by atoms with E-state index < -0.39 is 6.04 Å². The minimum Gasteiger partial charge on any atom is -0.493 e. The summed E-state index contributed by atoms with van der Waals surface area (Å²) in [5.74, 6) is 2.84. The van der Waals surface area contributed by atoms with Crippen LogP contribution in [0.4, 0.5) is 5.95 Å². The maximum atomic E-state index is 13.5. The number of Topliss-reactive ketones (excluding diaryl/α,β-unsaturated/α-hetero) is 1. The number of ketones is 1. The summed E-state index contributed by atoms with van der Waals surface area (Å²) >= 11 is 13.8. The molecule has 0 bridgehead atoms. The standard InChI is InChI=1S/C28H30Cl2N4O3S/c1-5-10-38-27-32-26-31-20-13-28(2,3)14-21(35)24(20)25(34(26)33-27)17-7-9-22(23(12-17)36-4)37-15-16-6-8-18(29)19(30)11-16/h6-9,11-12,25H,5,10,13-15H2,1-4H3,(H,31,32,33). The Kier molecular flexibility index (Phi) is 7.67. The minimum atomic E-state index is -0.411. The minimum absolute atomic E-state index is 0.122. The van der Waals surface area contributed by atoms with E-state index in [9.17, 15) is 4.79 Å². The number of benzene rings is 2. The number of carbonyl (C=O) groups is 1. The van der Waals surface area contributed by atoms with Crippen molar-refractivity contribution < 1.29 is 14.3 Å². The van der Waals surface area contributed by atoms with Gasteiger partial charge < -0.3 is 14.8 Å². The van der Waals surface area contributed by atoms with Crippen LogP contribution in [0.1, 0.15) is 57.2 Å². The van der Waals surface area contributed by atoms with Crippen LogP contribution in [0.15, 0.2) is 52.8 Å². The van der Waals surface area contributed by atoms with Crippen LogP contribution in [0, 0.1) is 5.41 Å². The van der Waals surface area contributed by atoms with Crippen molar-refractivity contribution in [3.05, 3.63) is 68.8 Å². The topological polar surface area (TPSA) is 78.3 Å². The third-order valence-corrected chi connectivity index (χ3v) is 8.41. The lowest BCUT2D eigenvalue weighted by Gasteiger charge is -2.38. The SMILES string of the molecule is CCCSc1nc2n(n1)C(c1ccc(OCc3ccc(Cl)c(Cl)c3)c(OC)c1)C1=C(CC(C)(C)CC1=O)N2. The highest BCUT2D eigenvalue weighted by atomic mass is 35.5. The van der Waals surface area contributed by atoms with Crippen LogP contribution in [0.5, 0.6) is 11.5 Å².